The summed E-state index contributed by atoms with van der Waals surface area (Å²) >= 11 is 0. The maximum Gasteiger partial charge on any atom is 0.307 e. The molecule has 6 heteroatoms. The number of aromatic nitrogens is 2. The van der Waals surface area contributed by atoms with E-state index in [1.165, 1.54) is 0 Å². The van der Waals surface area contributed by atoms with Gasteiger partial charge in [-0.15, -0.1) is 0 Å². The summed E-state index contributed by atoms with van der Waals surface area (Å²) in [6.45, 7) is 5.89. The second kappa shape index (κ2) is 5.26. The summed E-state index contributed by atoms with van der Waals surface area (Å²) < 4.78 is 1.83. The molecule has 1 aliphatic rings. The molecule has 110 valence electrons. The highest BCUT2D eigenvalue weighted by Crippen LogP contribution is 2.38. The number of aryl methyl sites for hydroxylation is 2. The van der Waals surface area contributed by atoms with Gasteiger partial charge in [0.15, 0.2) is 0 Å². The summed E-state index contributed by atoms with van der Waals surface area (Å²) in [5.74, 6) is -1.88. The number of aliphatic carboxylic acids is 1. The number of carboxylic acid groups (broad SMARTS) is 1. The molecule has 2 rings (SSSR count). The highest BCUT2D eigenvalue weighted by atomic mass is 16.4. The number of nitrogens with one attached hydrogen (secondary N) is 1. The number of carbonyl (C=O) groups excluding carboxylic acids is 1. The lowest BCUT2D eigenvalue weighted by molar-refractivity contribution is -0.140. The van der Waals surface area contributed by atoms with Gasteiger partial charge in [0.1, 0.15) is 0 Å². The van der Waals surface area contributed by atoms with Crippen molar-refractivity contribution in [1.82, 2.24) is 15.1 Å². The number of rotatable bonds is 5. The first-order valence-electron chi connectivity index (χ1n) is 6.83. The molecule has 0 unspecified atom stereocenters. The molecule has 3 atom stereocenters. The summed E-state index contributed by atoms with van der Waals surface area (Å²) in [5, 5.41) is 16.1. The van der Waals surface area contributed by atoms with Crippen LogP contribution in [0, 0.1) is 25.7 Å². The van der Waals surface area contributed by atoms with Gasteiger partial charge >= 0.3 is 5.97 Å². The lowest BCUT2D eigenvalue weighted by atomic mass is 10.1. The van der Waals surface area contributed by atoms with Crippen LogP contribution in [0.5, 0.6) is 0 Å². The van der Waals surface area contributed by atoms with Crippen molar-refractivity contribution in [2.45, 2.75) is 39.7 Å². The molecule has 0 bridgehead atoms. The van der Waals surface area contributed by atoms with E-state index in [9.17, 15) is 9.59 Å². The molecule has 2 N–H and O–H groups in total. The molecule has 1 aromatic rings. The normalized spacial score (nSPS) is 22.4. The number of carboxylic acids is 1. The minimum Gasteiger partial charge on any atom is -0.481 e. The SMILES string of the molecule is Cc1nn(C)c(C)c1C[C@H](C)NC(=O)[C@H]1C[C@H]1C(=O)O. The molecule has 1 heterocycles. The van der Waals surface area contributed by atoms with E-state index >= 15 is 0 Å². The zero-order valence-electron chi connectivity index (χ0n) is 12.3. The van der Waals surface area contributed by atoms with Crippen LogP contribution in [0.2, 0.25) is 0 Å². The predicted octanol–water partition coefficient (Wildman–Crippen LogP) is 0.805. The van der Waals surface area contributed by atoms with Crippen LogP contribution in [0.3, 0.4) is 0 Å². The molecule has 1 amide bonds. The molecule has 1 fully saturated rings. The third-order valence-electron chi connectivity index (χ3n) is 4.00. The third kappa shape index (κ3) is 2.84. The first-order valence-corrected chi connectivity index (χ1v) is 6.83. The van der Waals surface area contributed by atoms with Crippen molar-refractivity contribution < 1.29 is 14.7 Å². The van der Waals surface area contributed by atoms with Gasteiger partial charge in [-0.25, -0.2) is 0 Å². The molecular formula is C14H21N3O3. The molecule has 0 saturated heterocycles. The van der Waals surface area contributed by atoms with E-state index < -0.39 is 11.9 Å². The monoisotopic (exact) mass is 279 g/mol. The summed E-state index contributed by atoms with van der Waals surface area (Å²) in [6, 6.07) is -0.0286. The third-order valence-corrected chi connectivity index (χ3v) is 4.00. The fourth-order valence-corrected chi connectivity index (χ4v) is 2.58. The number of nitrogens with zero attached hydrogens (tertiary/aromatic N) is 2. The number of hydrogen-bond acceptors (Lipinski definition) is 3. The van der Waals surface area contributed by atoms with Crippen molar-refractivity contribution in [3.05, 3.63) is 17.0 Å². The van der Waals surface area contributed by atoms with Crippen LogP contribution in [0.15, 0.2) is 0 Å². The zero-order valence-corrected chi connectivity index (χ0v) is 12.3. The van der Waals surface area contributed by atoms with E-state index in [2.05, 4.69) is 10.4 Å². The first kappa shape index (κ1) is 14.6. The van der Waals surface area contributed by atoms with Gasteiger partial charge in [-0.3, -0.25) is 14.3 Å². The van der Waals surface area contributed by atoms with Gasteiger partial charge in [-0.2, -0.15) is 5.10 Å². The van der Waals surface area contributed by atoms with Crippen LogP contribution < -0.4 is 5.32 Å². The average Bonchev–Trinajstić information content (AvgIpc) is 3.10. The van der Waals surface area contributed by atoms with E-state index in [1.807, 2.05) is 32.5 Å². The second-order valence-electron chi connectivity index (χ2n) is 5.67. The Bertz CT molecular complexity index is 550. The minimum atomic E-state index is -0.878. The first-order chi connectivity index (χ1) is 9.31. The van der Waals surface area contributed by atoms with E-state index in [0.717, 1.165) is 17.0 Å². The summed E-state index contributed by atoms with van der Waals surface area (Å²) in [7, 11) is 1.90. The van der Waals surface area contributed by atoms with Crippen molar-refractivity contribution >= 4 is 11.9 Å². The molecule has 1 aromatic heterocycles. The highest BCUT2D eigenvalue weighted by Gasteiger charge is 2.48. The van der Waals surface area contributed by atoms with Crippen LogP contribution in [0.1, 0.15) is 30.3 Å². The van der Waals surface area contributed by atoms with Gasteiger partial charge in [-0.1, -0.05) is 0 Å². The second-order valence-corrected chi connectivity index (χ2v) is 5.67. The predicted molar refractivity (Wildman–Crippen MR) is 73.2 cm³/mol. The van der Waals surface area contributed by atoms with Crippen molar-refractivity contribution in [1.29, 1.82) is 0 Å². The average molecular weight is 279 g/mol. The fourth-order valence-electron chi connectivity index (χ4n) is 2.58. The van der Waals surface area contributed by atoms with Crippen LogP contribution in [-0.2, 0) is 23.1 Å². The lowest BCUT2D eigenvalue weighted by Crippen LogP contribution is -2.36. The number of carbonyl (C=O) groups is 2. The topological polar surface area (TPSA) is 84.2 Å². The smallest absolute Gasteiger partial charge is 0.307 e. The van der Waals surface area contributed by atoms with Crippen LogP contribution in [0.4, 0.5) is 0 Å². The minimum absolute atomic E-state index is 0.0286. The Morgan fingerprint density at radius 1 is 1.45 bits per heavy atom. The molecule has 20 heavy (non-hydrogen) atoms. The fraction of sp³-hybridized carbons (Fsp3) is 0.643. The maximum absolute atomic E-state index is 11.9. The Hall–Kier alpha value is -1.85. The zero-order chi connectivity index (χ0) is 15.0. The van der Waals surface area contributed by atoms with Crippen LogP contribution in [-0.4, -0.2) is 32.8 Å². The van der Waals surface area contributed by atoms with E-state index in [-0.39, 0.29) is 17.9 Å². The molecule has 6 nitrogen and oxygen atoms in total. The van der Waals surface area contributed by atoms with Crippen molar-refractivity contribution in [3.63, 3.8) is 0 Å². The molecule has 0 aromatic carbocycles. The molecule has 1 saturated carbocycles. The van der Waals surface area contributed by atoms with Gasteiger partial charge in [-0.05, 0) is 39.2 Å². The number of hydrogen-bond donors (Lipinski definition) is 2. The molecular weight excluding hydrogens is 258 g/mol. The van der Waals surface area contributed by atoms with Gasteiger partial charge < -0.3 is 10.4 Å². The highest BCUT2D eigenvalue weighted by molar-refractivity contribution is 5.89. The van der Waals surface area contributed by atoms with Gasteiger partial charge in [0.2, 0.25) is 5.91 Å². The Labute approximate surface area is 118 Å². The Balaban J connectivity index is 1.91. The summed E-state index contributed by atoms with van der Waals surface area (Å²) in [5.41, 5.74) is 3.21. The van der Waals surface area contributed by atoms with Crippen molar-refractivity contribution in [2.24, 2.45) is 18.9 Å². The summed E-state index contributed by atoms with van der Waals surface area (Å²) in [6.07, 6.45) is 1.17. The van der Waals surface area contributed by atoms with Gasteiger partial charge in [0.25, 0.3) is 0 Å². The quantitative estimate of drug-likeness (QED) is 0.835. The lowest BCUT2D eigenvalue weighted by Gasteiger charge is -2.14. The van der Waals surface area contributed by atoms with Gasteiger partial charge in [0.05, 0.1) is 17.5 Å². The van der Waals surface area contributed by atoms with E-state index in [4.69, 9.17) is 5.11 Å². The molecule has 0 radical (unpaired) electrons. The Kier molecular flexibility index (Phi) is 3.83. The van der Waals surface area contributed by atoms with Gasteiger partial charge in [0, 0.05) is 18.8 Å². The van der Waals surface area contributed by atoms with Crippen molar-refractivity contribution in [2.75, 3.05) is 0 Å². The maximum atomic E-state index is 11.9. The Morgan fingerprint density at radius 3 is 2.55 bits per heavy atom. The largest absolute Gasteiger partial charge is 0.481 e. The van der Waals surface area contributed by atoms with E-state index in [0.29, 0.717) is 12.8 Å². The standard InChI is InChI=1S/C14H21N3O3/c1-7(5-10-8(2)16-17(4)9(10)3)15-13(18)11-6-12(11)14(19)20/h7,11-12H,5-6H2,1-4H3,(H,15,18)(H,19,20)/t7-,11-,12+/m0/s1. The van der Waals surface area contributed by atoms with Crippen molar-refractivity contribution in [3.8, 4) is 0 Å². The molecule has 0 spiro atoms. The van der Waals surface area contributed by atoms with Crippen LogP contribution in [0.25, 0.3) is 0 Å². The van der Waals surface area contributed by atoms with E-state index in [1.54, 1.807) is 0 Å². The molecule has 1 aliphatic carbocycles. The summed E-state index contributed by atoms with van der Waals surface area (Å²) in [4.78, 5) is 22.7. The number of amides is 1. The van der Waals surface area contributed by atoms with Crippen LogP contribution >= 0.6 is 0 Å². The Morgan fingerprint density at radius 2 is 2.10 bits per heavy atom. The molecule has 0 aliphatic heterocycles.